The molecule has 0 aliphatic carbocycles. The average molecular weight is 330 g/mol. The van der Waals surface area contributed by atoms with Gasteiger partial charge in [-0.2, -0.15) is 0 Å². The van der Waals surface area contributed by atoms with Crippen molar-refractivity contribution in [3.05, 3.63) is 58.7 Å². The molecule has 0 unspecified atom stereocenters. The Balaban J connectivity index is 2.32. The van der Waals surface area contributed by atoms with Crippen LogP contribution < -0.4 is 4.74 Å². The SMILES string of the molecule is COc1ccc2c(CC(=O)O)c(C)n(-c3ccc(Cl)cc3)c2c1. The molecule has 2 aromatic carbocycles. The second-order valence-corrected chi connectivity index (χ2v) is 5.77. The van der Waals surface area contributed by atoms with Gasteiger partial charge in [0.25, 0.3) is 0 Å². The van der Waals surface area contributed by atoms with Crippen LogP contribution in [0.3, 0.4) is 0 Å². The van der Waals surface area contributed by atoms with Crippen molar-refractivity contribution in [1.29, 1.82) is 0 Å². The average Bonchev–Trinajstić information content (AvgIpc) is 2.79. The Morgan fingerprint density at radius 2 is 1.91 bits per heavy atom. The topological polar surface area (TPSA) is 51.5 Å². The molecule has 0 aliphatic rings. The highest BCUT2D eigenvalue weighted by Gasteiger charge is 2.18. The molecule has 3 aromatic rings. The Labute approximate surface area is 138 Å². The van der Waals surface area contributed by atoms with E-state index < -0.39 is 5.97 Å². The summed E-state index contributed by atoms with van der Waals surface area (Å²) in [5.41, 5.74) is 3.56. The molecule has 0 bridgehead atoms. The van der Waals surface area contributed by atoms with Crippen LogP contribution in [-0.2, 0) is 11.2 Å². The lowest BCUT2D eigenvalue weighted by Crippen LogP contribution is -2.02. The highest BCUT2D eigenvalue weighted by molar-refractivity contribution is 6.30. The third kappa shape index (κ3) is 2.78. The Morgan fingerprint density at radius 3 is 2.52 bits per heavy atom. The van der Waals surface area contributed by atoms with Gasteiger partial charge in [0.1, 0.15) is 5.75 Å². The molecule has 23 heavy (non-hydrogen) atoms. The van der Waals surface area contributed by atoms with Gasteiger partial charge in [-0.15, -0.1) is 0 Å². The van der Waals surface area contributed by atoms with Gasteiger partial charge in [-0.05, 0) is 48.9 Å². The molecule has 0 aliphatic heterocycles. The van der Waals surface area contributed by atoms with Crippen molar-refractivity contribution in [2.45, 2.75) is 13.3 Å². The maximum Gasteiger partial charge on any atom is 0.307 e. The predicted molar refractivity (Wildman–Crippen MR) is 90.9 cm³/mol. The molecule has 1 N–H and O–H groups in total. The van der Waals surface area contributed by atoms with Crippen LogP contribution >= 0.6 is 11.6 Å². The monoisotopic (exact) mass is 329 g/mol. The summed E-state index contributed by atoms with van der Waals surface area (Å²) in [4.78, 5) is 11.2. The Bertz CT molecular complexity index is 881. The minimum atomic E-state index is -0.848. The fourth-order valence-electron chi connectivity index (χ4n) is 2.89. The molecule has 1 aromatic heterocycles. The first-order chi connectivity index (χ1) is 11.0. The van der Waals surface area contributed by atoms with E-state index in [1.165, 1.54) is 0 Å². The minimum Gasteiger partial charge on any atom is -0.497 e. The molecule has 0 radical (unpaired) electrons. The number of ether oxygens (including phenoxy) is 1. The van der Waals surface area contributed by atoms with Crippen LogP contribution in [0.1, 0.15) is 11.3 Å². The van der Waals surface area contributed by atoms with Gasteiger partial charge in [-0.3, -0.25) is 4.79 Å². The number of aliphatic carboxylic acids is 1. The summed E-state index contributed by atoms with van der Waals surface area (Å²) in [6.45, 7) is 1.93. The largest absolute Gasteiger partial charge is 0.497 e. The molecule has 5 heteroatoms. The van der Waals surface area contributed by atoms with Crippen LogP contribution in [0.4, 0.5) is 0 Å². The number of aromatic nitrogens is 1. The number of rotatable bonds is 4. The lowest BCUT2D eigenvalue weighted by atomic mass is 10.1. The number of methoxy groups -OCH3 is 1. The standard InChI is InChI=1S/C18H16ClNO3/c1-11-16(10-18(21)22)15-8-7-14(23-2)9-17(15)20(11)13-5-3-12(19)4-6-13/h3-9H,10H2,1-2H3,(H,21,22). The van der Waals surface area contributed by atoms with E-state index in [1.807, 2.05) is 54.0 Å². The summed E-state index contributed by atoms with van der Waals surface area (Å²) in [6, 6.07) is 13.1. The number of nitrogens with zero attached hydrogens (tertiary/aromatic N) is 1. The normalized spacial score (nSPS) is 10.9. The van der Waals surface area contributed by atoms with E-state index in [4.69, 9.17) is 16.3 Å². The molecule has 0 saturated carbocycles. The summed E-state index contributed by atoms with van der Waals surface area (Å²) in [7, 11) is 1.61. The summed E-state index contributed by atoms with van der Waals surface area (Å²) in [6.07, 6.45) is -0.0186. The molecule has 4 nitrogen and oxygen atoms in total. The van der Waals surface area contributed by atoms with Gasteiger partial charge in [-0.1, -0.05) is 11.6 Å². The van der Waals surface area contributed by atoms with E-state index in [0.717, 1.165) is 33.6 Å². The summed E-state index contributed by atoms with van der Waals surface area (Å²) >= 11 is 5.97. The molecular formula is C18H16ClNO3. The zero-order chi connectivity index (χ0) is 16.6. The number of hydrogen-bond acceptors (Lipinski definition) is 2. The lowest BCUT2D eigenvalue weighted by molar-refractivity contribution is -0.136. The maximum atomic E-state index is 11.2. The fourth-order valence-corrected chi connectivity index (χ4v) is 3.01. The molecule has 0 atom stereocenters. The van der Waals surface area contributed by atoms with Gasteiger partial charge in [0, 0.05) is 27.9 Å². The van der Waals surface area contributed by atoms with E-state index in [-0.39, 0.29) is 6.42 Å². The molecule has 0 spiro atoms. The molecule has 0 fully saturated rings. The van der Waals surface area contributed by atoms with Crippen LogP contribution in [0.5, 0.6) is 5.75 Å². The van der Waals surface area contributed by atoms with Crippen molar-refractivity contribution in [3.8, 4) is 11.4 Å². The fraction of sp³-hybridized carbons (Fsp3) is 0.167. The molecule has 1 heterocycles. The Morgan fingerprint density at radius 1 is 1.22 bits per heavy atom. The van der Waals surface area contributed by atoms with Crippen LogP contribution in [0.25, 0.3) is 16.6 Å². The second-order valence-electron chi connectivity index (χ2n) is 5.33. The summed E-state index contributed by atoms with van der Waals surface area (Å²) in [5.74, 6) is -0.119. The first kappa shape index (κ1) is 15.4. The summed E-state index contributed by atoms with van der Waals surface area (Å²) in [5, 5.41) is 10.8. The number of hydrogen-bond donors (Lipinski definition) is 1. The van der Waals surface area contributed by atoms with E-state index >= 15 is 0 Å². The van der Waals surface area contributed by atoms with Gasteiger partial charge in [0.15, 0.2) is 0 Å². The highest BCUT2D eigenvalue weighted by Crippen LogP contribution is 2.32. The lowest BCUT2D eigenvalue weighted by Gasteiger charge is -2.09. The minimum absolute atomic E-state index is 0.0186. The molecule has 0 amide bonds. The van der Waals surface area contributed by atoms with Crippen LogP contribution in [0, 0.1) is 6.92 Å². The third-order valence-electron chi connectivity index (χ3n) is 3.96. The van der Waals surface area contributed by atoms with E-state index in [1.54, 1.807) is 7.11 Å². The van der Waals surface area contributed by atoms with Gasteiger partial charge in [-0.25, -0.2) is 0 Å². The van der Waals surface area contributed by atoms with Crippen molar-refractivity contribution in [1.82, 2.24) is 4.57 Å². The van der Waals surface area contributed by atoms with Gasteiger partial charge in [0.2, 0.25) is 0 Å². The van der Waals surface area contributed by atoms with Gasteiger partial charge in [0.05, 0.1) is 19.0 Å². The first-order valence-electron chi connectivity index (χ1n) is 7.17. The first-order valence-corrected chi connectivity index (χ1v) is 7.54. The Hall–Kier alpha value is -2.46. The number of halogens is 1. The Kier molecular flexibility index (Phi) is 4.01. The summed E-state index contributed by atoms with van der Waals surface area (Å²) < 4.78 is 7.35. The van der Waals surface area contributed by atoms with Crippen molar-refractivity contribution >= 4 is 28.5 Å². The van der Waals surface area contributed by atoms with E-state index in [0.29, 0.717) is 5.02 Å². The predicted octanol–water partition coefficient (Wildman–Crippen LogP) is 4.23. The smallest absolute Gasteiger partial charge is 0.307 e. The molecule has 3 rings (SSSR count). The molecular weight excluding hydrogens is 314 g/mol. The zero-order valence-electron chi connectivity index (χ0n) is 12.8. The van der Waals surface area contributed by atoms with Crippen molar-refractivity contribution in [2.24, 2.45) is 0 Å². The van der Waals surface area contributed by atoms with E-state index in [9.17, 15) is 9.90 Å². The van der Waals surface area contributed by atoms with Gasteiger partial charge >= 0.3 is 5.97 Å². The van der Waals surface area contributed by atoms with Gasteiger partial charge < -0.3 is 14.4 Å². The number of fused-ring (bicyclic) bond motifs is 1. The van der Waals surface area contributed by atoms with Crippen LogP contribution in [-0.4, -0.2) is 22.8 Å². The quantitative estimate of drug-likeness (QED) is 0.779. The van der Waals surface area contributed by atoms with Crippen LogP contribution in [0.2, 0.25) is 5.02 Å². The zero-order valence-corrected chi connectivity index (χ0v) is 13.6. The van der Waals surface area contributed by atoms with Crippen molar-refractivity contribution in [3.63, 3.8) is 0 Å². The number of carbonyl (C=O) groups is 1. The second kappa shape index (κ2) is 5.97. The number of benzene rings is 2. The number of carboxylic acids is 1. The van der Waals surface area contributed by atoms with Crippen molar-refractivity contribution < 1.29 is 14.6 Å². The highest BCUT2D eigenvalue weighted by atomic mass is 35.5. The van der Waals surface area contributed by atoms with Crippen LogP contribution in [0.15, 0.2) is 42.5 Å². The molecule has 0 saturated heterocycles. The van der Waals surface area contributed by atoms with Crippen molar-refractivity contribution in [2.75, 3.05) is 7.11 Å². The number of carboxylic acid groups (broad SMARTS) is 1. The molecule has 118 valence electrons. The van der Waals surface area contributed by atoms with E-state index in [2.05, 4.69) is 0 Å². The maximum absolute atomic E-state index is 11.2. The third-order valence-corrected chi connectivity index (χ3v) is 4.21.